The molecule has 2 unspecified atom stereocenters. The average Bonchev–Trinajstić information content (AvgIpc) is 2.96. The zero-order valence-electron chi connectivity index (χ0n) is 12.5. The van der Waals surface area contributed by atoms with E-state index in [0.29, 0.717) is 17.5 Å². The van der Waals surface area contributed by atoms with Crippen LogP contribution in [-0.4, -0.2) is 49.4 Å². The molecule has 2 aliphatic heterocycles. The quantitative estimate of drug-likeness (QED) is 0.916. The Morgan fingerprint density at radius 3 is 3.05 bits per heavy atom. The fraction of sp³-hybridized carbons (Fsp3) is 0.600. The summed E-state index contributed by atoms with van der Waals surface area (Å²) >= 11 is 2.02. The number of ether oxygens (including phenoxy) is 3. The molecule has 1 fully saturated rings. The van der Waals surface area contributed by atoms with Crippen LogP contribution in [0.3, 0.4) is 0 Å². The molecule has 0 bridgehead atoms. The molecule has 0 saturated carbocycles. The van der Waals surface area contributed by atoms with Crippen LogP contribution < -0.4 is 19.9 Å². The molecule has 3 rings (SSSR count). The molecule has 1 aromatic carbocycles. The van der Waals surface area contributed by atoms with Crippen LogP contribution in [0.2, 0.25) is 0 Å². The van der Waals surface area contributed by atoms with Gasteiger partial charge in [-0.2, -0.15) is 11.8 Å². The lowest BCUT2D eigenvalue weighted by Gasteiger charge is -2.36. The van der Waals surface area contributed by atoms with E-state index in [9.17, 15) is 0 Å². The van der Waals surface area contributed by atoms with Gasteiger partial charge in [-0.1, -0.05) is 6.92 Å². The highest BCUT2D eigenvalue weighted by Crippen LogP contribution is 2.43. The Morgan fingerprint density at radius 1 is 1.48 bits per heavy atom. The summed E-state index contributed by atoms with van der Waals surface area (Å²) in [6.07, 6.45) is 0. The second-order valence-electron chi connectivity index (χ2n) is 5.38. The van der Waals surface area contributed by atoms with Gasteiger partial charge in [0.1, 0.15) is 0 Å². The van der Waals surface area contributed by atoms with Crippen LogP contribution in [0.25, 0.3) is 0 Å². The van der Waals surface area contributed by atoms with E-state index in [4.69, 9.17) is 19.9 Å². The molecule has 2 N–H and O–H groups in total. The van der Waals surface area contributed by atoms with Crippen molar-refractivity contribution in [3.05, 3.63) is 17.7 Å². The number of nitrogens with two attached hydrogens (primary N) is 1. The molecule has 0 spiro atoms. The molecule has 2 aliphatic rings. The highest BCUT2D eigenvalue weighted by Gasteiger charge is 2.28. The number of thioether (sulfide) groups is 1. The van der Waals surface area contributed by atoms with Crippen molar-refractivity contribution < 1.29 is 14.2 Å². The van der Waals surface area contributed by atoms with Crippen LogP contribution in [0.5, 0.6) is 17.2 Å². The van der Waals surface area contributed by atoms with Crippen LogP contribution in [0.1, 0.15) is 18.5 Å². The minimum Gasteiger partial charge on any atom is -0.493 e. The van der Waals surface area contributed by atoms with Crippen molar-refractivity contribution in [1.82, 2.24) is 4.90 Å². The average molecular weight is 310 g/mol. The Bertz CT molecular complexity index is 512. The third-order valence-electron chi connectivity index (χ3n) is 4.00. The summed E-state index contributed by atoms with van der Waals surface area (Å²) < 4.78 is 16.4. The van der Waals surface area contributed by atoms with E-state index in [2.05, 4.69) is 11.8 Å². The first-order valence-electron chi connectivity index (χ1n) is 7.26. The van der Waals surface area contributed by atoms with E-state index < -0.39 is 0 Å². The van der Waals surface area contributed by atoms with E-state index in [1.165, 1.54) is 0 Å². The van der Waals surface area contributed by atoms with Gasteiger partial charge in [0.05, 0.1) is 7.11 Å². The van der Waals surface area contributed by atoms with E-state index >= 15 is 0 Å². The van der Waals surface area contributed by atoms with Crippen molar-refractivity contribution >= 4 is 11.8 Å². The molecule has 0 radical (unpaired) electrons. The Morgan fingerprint density at radius 2 is 2.33 bits per heavy atom. The van der Waals surface area contributed by atoms with Gasteiger partial charge in [-0.3, -0.25) is 4.90 Å². The summed E-state index contributed by atoms with van der Waals surface area (Å²) in [7, 11) is 1.65. The maximum Gasteiger partial charge on any atom is 0.231 e. The Hall–Kier alpha value is -1.11. The number of nitrogens with zero attached hydrogens (tertiary/aromatic N) is 1. The first-order valence-corrected chi connectivity index (χ1v) is 8.31. The second kappa shape index (κ2) is 6.34. The van der Waals surface area contributed by atoms with Gasteiger partial charge in [0, 0.05) is 36.7 Å². The van der Waals surface area contributed by atoms with Crippen LogP contribution in [0.15, 0.2) is 12.1 Å². The standard InChI is InChI=1S/C15H22N2O3S/c1-10-8-17(3-4-21-10)12(7-16)11-5-13(18-2)15-14(6-11)19-9-20-15/h5-6,10,12H,3-4,7-9,16H2,1-2H3. The van der Waals surface area contributed by atoms with Crippen LogP contribution in [0, 0.1) is 0 Å². The summed E-state index contributed by atoms with van der Waals surface area (Å²) in [5.41, 5.74) is 7.19. The number of rotatable bonds is 4. The van der Waals surface area contributed by atoms with Gasteiger partial charge in [-0.15, -0.1) is 0 Å². The number of fused-ring (bicyclic) bond motifs is 1. The molecule has 1 saturated heterocycles. The molecular weight excluding hydrogens is 288 g/mol. The molecule has 1 aromatic rings. The molecule has 0 amide bonds. The van der Waals surface area contributed by atoms with Crippen molar-refractivity contribution in [1.29, 1.82) is 0 Å². The molecule has 0 aliphatic carbocycles. The van der Waals surface area contributed by atoms with Gasteiger partial charge in [-0.05, 0) is 17.7 Å². The molecule has 6 heteroatoms. The third kappa shape index (κ3) is 2.93. The Kier molecular flexibility index (Phi) is 4.47. The fourth-order valence-electron chi connectivity index (χ4n) is 2.97. The summed E-state index contributed by atoms with van der Waals surface area (Å²) in [5, 5.41) is 0.642. The maximum absolute atomic E-state index is 6.06. The van der Waals surface area contributed by atoms with Crippen molar-refractivity contribution in [3.63, 3.8) is 0 Å². The predicted molar refractivity (Wildman–Crippen MR) is 84.4 cm³/mol. The molecule has 21 heavy (non-hydrogen) atoms. The molecule has 2 heterocycles. The Labute approximate surface area is 129 Å². The fourth-order valence-corrected chi connectivity index (χ4v) is 4.01. The third-order valence-corrected chi connectivity index (χ3v) is 5.14. The highest BCUT2D eigenvalue weighted by molar-refractivity contribution is 7.99. The van der Waals surface area contributed by atoms with Crippen molar-refractivity contribution in [2.45, 2.75) is 18.2 Å². The smallest absolute Gasteiger partial charge is 0.231 e. The van der Waals surface area contributed by atoms with E-state index in [1.807, 2.05) is 23.9 Å². The van der Waals surface area contributed by atoms with Gasteiger partial charge in [0.2, 0.25) is 12.5 Å². The highest BCUT2D eigenvalue weighted by atomic mass is 32.2. The molecule has 2 atom stereocenters. The van der Waals surface area contributed by atoms with Gasteiger partial charge in [0.25, 0.3) is 0 Å². The van der Waals surface area contributed by atoms with E-state index in [1.54, 1.807) is 7.11 Å². The van der Waals surface area contributed by atoms with Crippen molar-refractivity contribution in [2.75, 3.05) is 39.3 Å². The van der Waals surface area contributed by atoms with Gasteiger partial charge < -0.3 is 19.9 Å². The monoisotopic (exact) mass is 310 g/mol. The summed E-state index contributed by atoms with van der Waals surface area (Å²) in [4.78, 5) is 2.46. The van der Waals surface area contributed by atoms with Crippen LogP contribution in [0.4, 0.5) is 0 Å². The van der Waals surface area contributed by atoms with E-state index in [0.717, 1.165) is 35.9 Å². The molecule has 0 aromatic heterocycles. The zero-order chi connectivity index (χ0) is 14.8. The number of hydrogen-bond acceptors (Lipinski definition) is 6. The SMILES string of the molecule is COc1cc(C(CN)N2CCSC(C)C2)cc2c1OCO2. The minimum atomic E-state index is 0.191. The lowest BCUT2D eigenvalue weighted by Crippen LogP contribution is -2.42. The first-order chi connectivity index (χ1) is 10.2. The lowest BCUT2D eigenvalue weighted by molar-refractivity contribution is 0.171. The molecule has 116 valence electrons. The van der Waals surface area contributed by atoms with Gasteiger partial charge in [-0.25, -0.2) is 0 Å². The number of benzene rings is 1. The lowest BCUT2D eigenvalue weighted by atomic mass is 10.0. The zero-order valence-corrected chi connectivity index (χ0v) is 13.3. The van der Waals surface area contributed by atoms with Gasteiger partial charge in [0.15, 0.2) is 11.5 Å². The summed E-state index contributed by atoms with van der Waals surface area (Å²) in [6.45, 7) is 5.22. The van der Waals surface area contributed by atoms with Crippen molar-refractivity contribution in [3.8, 4) is 17.2 Å². The molecule has 5 nitrogen and oxygen atoms in total. The number of methoxy groups -OCH3 is 1. The first kappa shape index (κ1) is 14.8. The normalized spacial score (nSPS) is 23.1. The summed E-state index contributed by atoms with van der Waals surface area (Å²) in [6, 6.07) is 4.25. The summed E-state index contributed by atoms with van der Waals surface area (Å²) in [5.74, 6) is 3.32. The molecular formula is C15H22N2O3S. The van der Waals surface area contributed by atoms with Crippen LogP contribution in [-0.2, 0) is 0 Å². The Balaban J connectivity index is 1.90. The van der Waals surface area contributed by atoms with Crippen molar-refractivity contribution in [2.24, 2.45) is 5.73 Å². The second-order valence-corrected chi connectivity index (χ2v) is 6.93. The topological polar surface area (TPSA) is 57.0 Å². The minimum absolute atomic E-state index is 0.191. The predicted octanol–water partition coefficient (Wildman–Crippen LogP) is 1.86. The number of hydrogen-bond donors (Lipinski definition) is 1. The maximum atomic E-state index is 6.06. The van der Waals surface area contributed by atoms with E-state index in [-0.39, 0.29) is 12.8 Å². The van der Waals surface area contributed by atoms with Gasteiger partial charge >= 0.3 is 0 Å². The van der Waals surface area contributed by atoms with Crippen LogP contribution >= 0.6 is 11.8 Å². The largest absolute Gasteiger partial charge is 0.493 e.